The molecule has 0 unspecified atom stereocenters. The lowest BCUT2D eigenvalue weighted by molar-refractivity contribution is 0.0697. The predicted octanol–water partition coefficient (Wildman–Crippen LogP) is 3.01. The molecule has 0 amide bonds. The Labute approximate surface area is 113 Å². The van der Waals surface area contributed by atoms with Crippen molar-refractivity contribution in [3.05, 3.63) is 52.3 Å². The lowest BCUT2D eigenvalue weighted by Gasteiger charge is -2.06. The van der Waals surface area contributed by atoms with Gasteiger partial charge in [0.15, 0.2) is 0 Å². The summed E-state index contributed by atoms with van der Waals surface area (Å²) < 4.78 is 7.67. The molecule has 94 valence electrons. The van der Waals surface area contributed by atoms with Crippen molar-refractivity contribution in [2.24, 2.45) is 0 Å². The summed E-state index contributed by atoms with van der Waals surface area (Å²) >= 11 is 3.35. The van der Waals surface area contributed by atoms with Crippen LogP contribution in [0, 0.1) is 0 Å². The molecule has 0 spiro atoms. The van der Waals surface area contributed by atoms with E-state index in [2.05, 4.69) is 15.9 Å². The fourth-order valence-electron chi connectivity index (χ4n) is 1.64. The molecule has 0 saturated heterocycles. The minimum absolute atomic E-state index is 0.274. The number of carbonyl (C=O) groups is 1. The summed E-state index contributed by atoms with van der Waals surface area (Å²) in [6.07, 6.45) is 1.61. The van der Waals surface area contributed by atoms with Crippen molar-refractivity contribution in [3.8, 4) is 5.75 Å². The third-order valence-corrected chi connectivity index (χ3v) is 3.29. The monoisotopic (exact) mass is 309 g/mol. The number of rotatable bonds is 4. The Kier molecular flexibility index (Phi) is 3.72. The third-order valence-electron chi connectivity index (χ3n) is 2.60. The maximum atomic E-state index is 10.9. The molecular formula is C13H12BrNO3. The number of hydrogen-bond acceptors (Lipinski definition) is 2. The zero-order chi connectivity index (χ0) is 13.1. The molecule has 0 fully saturated rings. The van der Waals surface area contributed by atoms with Crippen molar-refractivity contribution in [2.45, 2.75) is 6.54 Å². The molecule has 1 aromatic heterocycles. The van der Waals surface area contributed by atoms with Gasteiger partial charge in [0.1, 0.15) is 5.75 Å². The van der Waals surface area contributed by atoms with E-state index in [4.69, 9.17) is 9.84 Å². The highest BCUT2D eigenvalue weighted by atomic mass is 79.9. The molecule has 0 aliphatic carbocycles. The first-order valence-corrected chi connectivity index (χ1v) is 6.11. The average Bonchev–Trinajstić information content (AvgIpc) is 2.72. The van der Waals surface area contributed by atoms with Crippen molar-refractivity contribution in [3.63, 3.8) is 0 Å². The highest BCUT2D eigenvalue weighted by molar-refractivity contribution is 9.10. The number of carboxylic acid groups (broad SMARTS) is 1. The summed E-state index contributed by atoms with van der Waals surface area (Å²) in [5, 5.41) is 8.91. The molecule has 0 aliphatic rings. The predicted molar refractivity (Wildman–Crippen MR) is 71.2 cm³/mol. The molecule has 5 heteroatoms. The first kappa shape index (κ1) is 12.7. The summed E-state index contributed by atoms with van der Waals surface area (Å²) in [5.74, 6) is -0.124. The Balaban J connectivity index is 2.19. The number of methoxy groups -OCH3 is 1. The summed E-state index contributed by atoms with van der Waals surface area (Å²) in [6.45, 7) is 0.609. The molecule has 1 heterocycles. The molecule has 1 N–H and O–H groups in total. The fraction of sp³-hybridized carbons (Fsp3) is 0.154. The molecule has 0 saturated carbocycles. The summed E-state index contributed by atoms with van der Waals surface area (Å²) in [5.41, 5.74) is 1.35. The van der Waals surface area contributed by atoms with E-state index in [9.17, 15) is 4.79 Å². The standard InChI is InChI=1S/C13H12BrNO3/c1-18-11-4-2-9(3-5-11)7-15-8-10(13(16)17)6-12(15)14/h2-6,8H,7H2,1H3,(H,16,17). The highest BCUT2D eigenvalue weighted by Crippen LogP contribution is 2.18. The van der Waals surface area contributed by atoms with Gasteiger partial charge in [0.05, 0.1) is 17.3 Å². The maximum Gasteiger partial charge on any atom is 0.337 e. The van der Waals surface area contributed by atoms with E-state index in [1.807, 2.05) is 28.8 Å². The van der Waals surface area contributed by atoms with Crippen LogP contribution in [0.25, 0.3) is 0 Å². The lowest BCUT2D eigenvalue weighted by atomic mass is 10.2. The van der Waals surface area contributed by atoms with Crippen LogP contribution in [0.2, 0.25) is 0 Å². The van der Waals surface area contributed by atoms with Crippen molar-refractivity contribution >= 4 is 21.9 Å². The van der Waals surface area contributed by atoms with Crippen LogP contribution in [-0.4, -0.2) is 22.8 Å². The first-order valence-electron chi connectivity index (χ1n) is 5.32. The maximum absolute atomic E-state index is 10.9. The minimum Gasteiger partial charge on any atom is -0.497 e. The number of aromatic nitrogens is 1. The minimum atomic E-state index is -0.927. The zero-order valence-corrected chi connectivity index (χ0v) is 11.3. The van der Waals surface area contributed by atoms with E-state index < -0.39 is 5.97 Å². The second kappa shape index (κ2) is 5.27. The third kappa shape index (κ3) is 2.73. The van der Waals surface area contributed by atoms with Crippen LogP contribution in [0.4, 0.5) is 0 Å². The lowest BCUT2D eigenvalue weighted by Crippen LogP contribution is -1.99. The van der Waals surface area contributed by atoms with Crippen molar-refractivity contribution in [1.29, 1.82) is 0 Å². The van der Waals surface area contributed by atoms with E-state index in [0.717, 1.165) is 15.9 Å². The van der Waals surface area contributed by atoms with E-state index in [1.54, 1.807) is 19.4 Å². The molecule has 18 heavy (non-hydrogen) atoms. The van der Waals surface area contributed by atoms with E-state index in [0.29, 0.717) is 6.54 Å². The van der Waals surface area contributed by atoms with Crippen molar-refractivity contribution in [2.75, 3.05) is 7.11 Å². The van der Waals surface area contributed by atoms with Crippen LogP contribution < -0.4 is 4.74 Å². The molecule has 0 radical (unpaired) electrons. The molecule has 1 aromatic carbocycles. The normalized spacial score (nSPS) is 10.3. The van der Waals surface area contributed by atoms with Gasteiger partial charge in [-0.1, -0.05) is 12.1 Å². The number of carboxylic acids is 1. The second-order valence-corrected chi connectivity index (χ2v) is 4.65. The topological polar surface area (TPSA) is 51.5 Å². The smallest absolute Gasteiger partial charge is 0.337 e. The van der Waals surface area contributed by atoms with Gasteiger partial charge in [0.2, 0.25) is 0 Å². The van der Waals surface area contributed by atoms with Crippen LogP contribution >= 0.6 is 15.9 Å². The van der Waals surface area contributed by atoms with Gasteiger partial charge in [-0.25, -0.2) is 4.79 Å². The number of hydrogen-bond donors (Lipinski definition) is 1. The van der Waals surface area contributed by atoms with Crippen LogP contribution in [0.1, 0.15) is 15.9 Å². The zero-order valence-electron chi connectivity index (χ0n) is 9.76. The Morgan fingerprint density at radius 2 is 2.06 bits per heavy atom. The van der Waals surface area contributed by atoms with Gasteiger partial charge in [-0.15, -0.1) is 0 Å². The largest absolute Gasteiger partial charge is 0.497 e. The van der Waals surface area contributed by atoms with Gasteiger partial charge < -0.3 is 14.4 Å². The Hall–Kier alpha value is -1.75. The SMILES string of the molecule is COc1ccc(Cn2cc(C(=O)O)cc2Br)cc1. The van der Waals surface area contributed by atoms with Gasteiger partial charge in [-0.2, -0.15) is 0 Å². The number of halogens is 1. The number of benzene rings is 1. The number of ether oxygens (including phenoxy) is 1. The van der Waals surface area contributed by atoms with Gasteiger partial charge >= 0.3 is 5.97 Å². The van der Waals surface area contributed by atoms with E-state index in [-0.39, 0.29) is 5.56 Å². The van der Waals surface area contributed by atoms with Crippen molar-refractivity contribution in [1.82, 2.24) is 4.57 Å². The number of nitrogens with zero attached hydrogens (tertiary/aromatic N) is 1. The summed E-state index contributed by atoms with van der Waals surface area (Å²) in [4.78, 5) is 10.9. The van der Waals surface area contributed by atoms with E-state index in [1.165, 1.54) is 0 Å². The Morgan fingerprint density at radius 1 is 1.39 bits per heavy atom. The van der Waals surface area contributed by atoms with Crippen LogP contribution in [0.3, 0.4) is 0 Å². The van der Waals surface area contributed by atoms with Crippen molar-refractivity contribution < 1.29 is 14.6 Å². The second-order valence-electron chi connectivity index (χ2n) is 3.83. The number of aromatic carboxylic acids is 1. The van der Waals surface area contributed by atoms with Gasteiger partial charge in [-0.3, -0.25) is 0 Å². The molecule has 2 rings (SSSR count). The Morgan fingerprint density at radius 3 is 2.56 bits per heavy atom. The van der Waals surface area contributed by atoms with Crippen LogP contribution in [0.15, 0.2) is 41.1 Å². The average molecular weight is 310 g/mol. The molecule has 2 aromatic rings. The van der Waals surface area contributed by atoms with Crippen LogP contribution in [-0.2, 0) is 6.54 Å². The van der Waals surface area contributed by atoms with Gasteiger partial charge in [-0.05, 0) is 39.7 Å². The molecule has 0 atom stereocenters. The quantitative estimate of drug-likeness (QED) is 0.944. The summed E-state index contributed by atoms with van der Waals surface area (Å²) in [6, 6.07) is 9.25. The molecule has 0 aliphatic heterocycles. The Bertz CT molecular complexity index is 560. The first-order chi connectivity index (χ1) is 8.60. The fourth-order valence-corrected chi connectivity index (χ4v) is 2.12. The molecular weight excluding hydrogens is 298 g/mol. The van der Waals surface area contributed by atoms with Crippen LogP contribution in [0.5, 0.6) is 5.75 Å². The molecule has 4 nitrogen and oxygen atoms in total. The summed E-state index contributed by atoms with van der Waals surface area (Å²) in [7, 11) is 1.62. The van der Waals surface area contributed by atoms with Gasteiger partial charge in [0, 0.05) is 12.7 Å². The van der Waals surface area contributed by atoms with Gasteiger partial charge in [0.25, 0.3) is 0 Å². The highest BCUT2D eigenvalue weighted by Gasteiger charge is 2.09. The molecule has 0 bridgehead atoms. The van der Waals surface area contributed by atoms with E-state index >= 15 is 0 Å².